The second kappa shape index (κ2) is 11.2. The zero-order valence-corrected chi connectivity index (χ0v) is 19.8. The van der Waals surface area contributed by atoms with Gasteiger partial charge in [0.25, 0.3) is 0 Å². The minimum absolute atomic E-state index is 0.143. The average Bonchev–Trinajstić information content (AvgIpc) is 3.21. The van der Waals surface area contributed by atoms with Crippen LogP contribution in [0.2, 0.25) is 5.02 Å². The molecule has 0 unspecified atom stereocenters. The van der Waals surface area contributed by atoms with Gasteiger partial charge < -0.3 is 24.9 Å². The maximum atomic E-state index is 14.8. The molecule has 0 saturated heterocycles. The number of alkyl halides is 3. The Labute approximate surface area is 210 Å². The number of ether oxygens (including phenoxy) is 1. The molecule has 0 spiro atoms. The molecule has 0 fully saturated rings. The van der Waals surface area contributed by atoms with Gasteiger partial charge in [-0.15, -0.1) is 0 Å². The zero-order chi connectivity index (χ0) is 27.3. The lowest BCUT2D eigenvalue weighted by atomic mass is 10.1. The lowest BCUT2D eigenvalue weighted by Gasteiger charge is -2.13. The molecule has 0 bridgehead atoms. The largest absolute Gasteiger partial charge is 0.493 e. The summed E-state index contributed by atoms with van der Waals surface area (Å²) in [6.45, 7) is 1.92. The van der Waals surface area contributed by atoms with E-state index >= 15 is 0 Å². The van der Waals surface area contributed by atoms with Crippen molar-refractivity contribution in [2.75, 3.05) is 17.7 Å². The molecule has 0 amide bonds. The number of nitrogens with one attached hydrogen (secondary N) is 3. The number of carbonyl (C=O) groups is 1. The van der Waals surface area contributed by atoms with Crippen molar-refractivity contribution in [3.05, 3.63) is 63.5 Å². The van der Waals surface area contributed by atoms with Crippen molar-refractivity contribution in [1.29, 1.82) is 0 Å². The van der Waals surface area contributed by atoms with Gasteiger partial charge in [-0.1, -0.05) is 24.6 Å². The Bertz CT molecular complexity index is 1490. The molecule has 15 heteroatoms. The Hall–Kier alpha value is -4.33. The summed E-state index contributed by atoms with van der Waals surface area (Å²) in [6.07, 6.45) is -3.05. The van der Waals surface area contributed by atoms with Gasteiger partial charge in [-0.05, 0) is 36.2 Å². The number of hydrogen-bond donors (Lipinski definition) is 4. The number of carboxylic acids is 1. The van der Waals surface area contributed by atoms with Crippen LogP contribution in [0.1, 0.15) is 12.5 Å². The Kier molecular flexibility index (Phi) is 8.22. The number of aliphatic carboxylic acids is 1. The number of aryl methyl sites for hydroxylation is 1. The first kappa shape index (κ1) is 27.3. The Morgan fingerprint density at radius 1 is 1.24 bits per heavy atom. The molecule has 196 valence electrons. The van der Waals surface area contributed by atoms with Crippen molar-refractivity contribution < 1.29 is 36.6 Å². The molecule has 2 aromatic carbocycles. The summed E-state index contributed by atoms with van der Waals surface area (Å²) in [5.74, 6) is -3.20. The molecule has 2 aromatic heterocycles. The summed E-state index contributed by atoms with van der Waals surface area (Å²) in [7, 11) is 1.42. The van der Waals surface area contributed by atoms with Crippen LogP contribution in [0, 0.1) is 5.82 Å². The van der Waals surface area contributed by atoms with E-state index in [9.17, 15) is 22.4 Å². The van der Waals surface area contributed by atoms with E-state index in [2.05, 4.69) is 25.6 Å². The summed E-state index contributed by atoms with van der Waals surface area (Å²) in [5.41, 5.74) is 2.51. The van der Waals surface area contributed by atoms with Crippen molar-refractivity contribution in [2.24, 2.45) is 0 Å². The number of rotatable bonds is 6. The maximum Gasteiger partial charge on any atom is 0.490 e. The molecule has 2 heterocycles. The first-order chi connectivity index (χ1) is 17.4. The SMILES string of the molecule is CCc1ccc(Nc2ncc(Cl)c(Nc3ccc4oc(=O)[nH]c4c3)n2)c(F)c1OC.O=C(O)C(F)(F)F. The number of H-pyrrole nitrogens is 1. The molecule has 4 aromatic rings. The first-order valence-corrected chi connectivity index (χ1v) is 10.7. The number of hydrogen-bond acceptors (Lipinski definition) is 8. The maximum absolute atomic E-state index is 14.8. The van der Waals surface area contributed by atoms with Crippen LogP contribution >= 0.6 is 11.6 Å². The number of aromatic nitrogens is 3. The van der Waals surface area contributed by atoms with Crippen LogP contribution in [0.15, 0.2) is 45.7 Å². The molecule has 0 aliphatic rings. The number of oxazole rings is 1. The topological polar surface area (TPSA) is 142 Å². The van der Waals surface area contributed by atoms with E-state index in [-0.39, 0.29) is 22.4 Å². The van der Waals surface area contributed by atoms with Crippen LogP contribution in [0.5, 0.6) is 5.75 Å². The van der Waals surface area contributed by atoms with Crippen molar-refractivity contribution in [1.82, 2.24) is 15.0 Å². The van der Waals surface area contributed by atoms with E-state index in [0.717, 1.165) is 5.56 Å². The van der Waals surface area contributed by atoms with Gasteiger partial charge in [-0.25, -0.2) is 19.0 Å². The number of carboxylic acid groups (broad SMARTS) is 1. The Balaban J connectivity index is 0.000000479. The minimum atomic E-state index is -5.08. The van der Waals surface area contributed by atoms with Crippen molar-refractivity contribution in [2.45, 2.75) is 19.5 Å². The minimum Gasteiger partial charge on any atom is -0.493 e. The molecule has 0 aliphatic heterocycles. The van der Waals surface area contributed by atoms with E-state index in [1.54, 1.807) is 30.3 Å². The first-order valence-electron chi connectivity index (χ1n) is 10.3. The highest BCUT2D eigenvalue weighted by atomic mass is 35.5. The van der Waals surface area contributed by atoms with Crippen LogP contribution in [0.25, 0.3) is 11.1 Å². The van der Waals surface area contributed by atoms with E-state index in [1.165, 1.54) is 13.3 Å². The van der Waals surface area contributed by atoms with Gasteiger partial charge in [0.1, 0.15) is 5.02 Å². The summed E-state index contributed by atoms with van der Waals surface area (Å²) in [5, 5.41) is 13.3. The van der Waals surface area contributed by atoms with Crippen LogP contribution in [-0.4, -0.2) is 39.3 Å². The van der Waals surface area contributed by atoms with E-state index in [4.69, 9.17) is 30.7 Å². The fourth-order valence-corrected chi connectivity index (χ4v) is 3.13. The van der Waals surface area contributed by atoms with Crippen LogP contribution in [0.4, 0.5) is 40.7 Å². The highest BCUT2D eigenvalue weighted by Crippen LogP contribution is 2.31. The van der Waals surface area contributed by atoms with Crippen molar-refractivity contribution >= 4 is 51.8 Å². The number of anilines is 4. The van der Waals surface area contributed by atoms with Crippen LogP contribution < -0.4 is 21.1 Å². The van der Waals surface area contributed by atoms with Crippen molar-refractivity contribution in [3.63, 3.8) is 0 Å². The van der Waals surface area contributed by atoms with Gasteiger partial charge in [0.05, 0.1) is 24.5 Å². The fraction of sp³-hybridized carbons (Fsp3) is 0.182. The predicted molar refractivity (Wildman–Crippen MR) is 126 cm³/mol. The number of methoxy groups -OCH3 is 1. The second-order valence-corrected chi connectivity index (χ2v) is 7.55. The third kappa shape index (κ3) is 6.67. The van der Waals surface area contributed by atoms with E-state index in [1.807, 2.05) is 6.92 Å². The highest BCUT2D eigenvalue weighted by molar-refractivity contribution is 6.32. The zero-order valence-electron chi connectivity index (χ0n) is 19.0. The molecule has 0 radical (unpaired) electrons. The third-order valence-corrected chi connectivity index (χ3v) is 4.96. The van der Waals surface area contributed by atoms with Crippen LogP contribution in [-0.2, 0) is 11.2 Å². The standard InChI is InChI=1S/C20H17ClFN5O3.C2HF3O2/c1-3-10-4-6-13(16(22)17(10)29-2)25-19-23-9-12(21)18(27-19)24-11-5-7-15-14(8-11)26-20(28)30-15;3-2(4,5)1(6)7/h4-9H,3H2,1-2H3,(H,26,28)(H2,23,24,25,27);(H,6,7). The quantitative estimate of drug-likeness (QED) is 0.235. The van der Waals surface area contributed by atoms with E-state index in [0.29, 0.717) is 29.0 Å². The van der Waals surface area contributed by atoms with Gasteiger partial charge in [0.15, 0.2) is 23.0 Å². The number of benzene rings is 2. The third-order valence-electron chi connectivity index (χ3n) is 4.68. The lowest BCUT2D eigenvalue weighted by Crippen LogP contribution is -2.21. The molecular formula is C22H18ClF4N5O5. The molecule has 0 saturated carbocycles. The van der Waals surface area contributed by atoms with Gasteiger partial charge in [-0.2, -0.15) is 18.2 Å². The second-order valence-electron chi connectivity index (χ2n) is 7.14. The monoisotopic (exact) mass is 543 g/mol. The molecule has 4 N–H and O–H groups in total. The number of halogens is 5. The van der Waals surface area contributed by atoms with E-state index < -0.39 is 23.7 Å². The van der Waals surface area contributed by atoms with Crippen LogP contribution in [0.3, 0.4) is 0 Å². The fourth-order valence-electron chi connectivity index (χ4n) is 2.99. The molecule has 0 aliphatic carbocycles. The van der Waals surface area contributed by atoms with Gasteiger partial charge >= 0.3 is 17.9 Å². The summed E-state index contributed by atoms with van der Waals surface area (Å²) < 4.78 is 56.7. The number of nitrogens with zero attached hydrogens (tertiary/aromatic N) is 2. The highest BCUT2D eigenvalue weighted by Gasteiger charge is 2.38. The lowest BCUT2D eigenvalue weighted by molar-refractivity contribution is -0.192. The van der Waals surface area contributed by atoms with Gasteiger partial charge in [-0.3, -0.25) is 4.98 Å². The molecular weight excluding hydrogens is 526 g/mol. The molecule has 0 atom stereocenters. The molecule has 10 nitrogen and oxygen atoms in total. The Morgan fingerprint density at radius 2 is 1.95 bits per heavy atom. The predicted octanol–water partition coefficient (Wildman–Crippen LogP) is 5.40. The number of fused-ring (bicyclic) bond motifs is 1. The Morgan fingerprint density at radius 3 is 2.57 bits per heavy atom. The van der Waals surface area contributed by atoms with Gasteiger partial charge in [0, 0.05) is 5.69 Å². The smallest absolute Gasteiger partial charge is 0.490 e. The van der Waals surface area contributed by atoms with Crippen molar-refractivity contribution in [3.8, 4) is 5.75 Å². The number of aromatic amines is 1. The summed E-state index contributed by atoms with van der Waals surface area (Å²) in [6, 6.07) is 8.41. The molecule has 4 rings (SSSR count). The van der Waals surface area contributed by atoms with Gasteiger partial charge in [0.2, 0.25) is 5.95 Å². The normalized spacial score (nSPS) is 11.0. The summed E-state index contributed by atoms with van der Waals surface area (Å²) >= 11 is 6.20. The molecule has 37 heavy (non-hydrogen) atoms. The average molecular weight is 544 g/mol. The summed E-state index contributed by atoms with van der Waals surface area (Å²) in [4.78, 5) is 31.2.